The molecule has 1 amide bonds. The van der Waals surface area contributed by atoms with E-state index in [1.807, 2.05) is 64.4 Å². The standard InChI is InChI=1S/C32H43N5O3S2/c1-21(2)19-35(20-22(3)4)42(39,40)27-14-12-26(13-15-27)31(38)36(16-17-37-25(8)18-24(7)34-37)32-33-30-28(23(5)6)10-9-11-29(30)41-32/h9-15,18,21-23H,16-17,19-20H2,1-8H3. The summed E-state index contributed by atoms with van der Waals surface area (Å²) in [6, 6.07) is 14.5. The Labute approximate surface area is 254 Å². The van der Waals surface area contributed by atoms with E-state index in [1.54, 1.807) is 33.5 Å². The lowest BCUT2D eigenvalue weighted by atomic mass is 10.0. The molecule has 0 aliphatic heterocycles. The normalized spacial score (nSPS) is 12.4. The van der Waals surface area contributed by atoms with Crippen LogP contribution in [0, 0.1) is 25.7 Å². The van der Waals surface area contributed by atoms with Gasteiger partial charge in [0, 0.05) is 30.9 Å². The third-order valence-corrected chi connectivity index (χ3v) is 9.94. The third kappa shape index (κ3) is 7.10. The zero-order valence-corrected chi connectivity index (χ0v) is 27.6. The van der Waals surface area contributed by atoms with E-state index < -0.39 is 10.0 Å². The lowest BCUT2D eigenvalue weighted by molar-refractivity contribution is 0.0985. The van der Waals surface area contributed by atoms with Gasteiger partial charge in [-0.05, 0) is 73.6 Å². The van der Waals surface area contributed by atoms with Crippen molar-refractivity contribution in [1.82, 2.24) is 19.1 Å². The number of sulfonamides is 1. The molecule has 226 valence electrons. The minimum absolute atomic E-state index is 0.191. The second-order valence-corrected chi connectivity index (χ2v) is 15.0. The van der Waals surface area contributed by atoms with Crippen molar-refractivity contribution in [1.29, 1.82) is 0 Å². The summed E-state index contributed by atoms with van der Waals surface area (Å²) in [5.41, 5.74) is 4.40. The highest BCUT2D eigenvalue weighted by Gasteiger charge is 2.27. The van der Waals surface area contributed by atoms with E-state index in [1.165, 1.54) is 11.3 Å². The Morgan fingerprint density at radius 1 is 0.952 bits per heavy atom. The number of rotatable bonds is 12. The molecule has 0 radical (unpaired) electrons. The molecule has 0 aliphatic rings. The Balaban J connectivity index is 1.69. The van der Waals surface area contributed by atoms with Gasteiger partial charge < -0.3 is 0 Å². The molecule has 0 unspecified atom stereocenters. The Hall–Kier alpha value is -3.08. The summed E-state index contributed by atoms with van der Waals surface area (Å²) >= 11 is 1.49. The number of aryl methyl sites for hydroxylation is 2. The molecule has 4 aromatic rings. The van der Waals surface area contributed by atoms with Crippen LogP contribution in [-0.2, 0) is 16.6 Å². The highest BCUT2D eigenvalue weighted by atomic mass is 32.2. The maximum Gasteiger partial charge on any atom is 0.260 e. The van der Waals surface area contributed by atoms with Crippen LogP contribution in [0.4, 0.5) is 5.13 Å². The summed E-state index contributed by atoms with van der Waals surface area (Å²) in [6.07, 6.45) is 0. The van der Waals surface area contributed by atoms with Crippen molar-refractivity contribution < 1.29 is 13.2 Å². The first-order chi connectivity index (χ1) is 19.8. The van der Waals surface area contributed by atoms with Gasteiger partial charge >= 0.3 is 0 Å². The molecule has 8 nitrogen and oxygen atoms in total. The quantitative estimate of drug-likeness (QED) is 0.175. The van der Waals surface area contributed by atoms with Crippen LogP contribution in [-0.4, -0.2) is 53.0 Å². The molecule has 0 spiro atoms. The smallest absolute Gasteiger partial charge is 0.260 e. The Bertz CT molecular complexity index is 1630. The van der Waals surface area contributed by atoms with Crippen molar-refractivity contribution in [3.05, 3.63) is 71.0 Å². The Morgan fingerprint density at radius 3 is 2.14 bits per heavy atom. The van der Waals surface area contributed by atoms with Crippen molar-refractivity contribution in [2.24, 2.45) is 11.8 Å². The molecule has 0 atom stereocenters. The monoisotopic (exact) mass is 609 g/mol. The molecule has 0 saturated carbocycles. The Kier molecular flexibility index (Phi) is 9.90. The number of fused-ring (bicyclic) bond motifs is 1. The maximum atomic E-state index is 14.0. The fourth-order valence-electron chi connectivity index (χ4n) is 5.08. The number of thiazole rings is 1. The SMILES string of the molecule is Cc1cc(C)n(CCN(C(=O)c2ccc(S(=O)(=O)N(CC(C)C)CC(C)C)cc2)c2nc3c(C(C)C)cccc3s2)n1. The molecule has 0 aliphatic carbocycles. The molecule has 10 heteroatoms. The number of carbonyl (C=O) groups excluding carboxylic acids is 1. The third-order valence-electron chi connectivity index (χ3n) is 7.05. The van der Waals surface area contributed by atoms with Gasteiger partial charge in [-0.1, -0.05) is 65.0 Å². The van der Waals surface area contributed by atoms with Crippen LogP contribution < -0.4 is 4.90 Å². The maximum absolute atomic E-state index is 14.0. The number of hydrogen-bond acceptors (Lipinski definition) is 6. The van der Waals surface area contributed by atoms with E-state index in [-0.39, 0.29) is 22.6 Å². The number of amides is 1. The van der Waals surface area contributed by atoms with Crippen LogP contribution in [0.1, 0.15) is 74.8 Å². The topological polar surface area (TPSA) is 88.4 Å². The van der Waals surface area contributed by atoms with E-state index in [2.05, 4.69) is 25.0 Å². The summed E-state index contributed by atoms with van der Waals surface area (Å²) in [6.45, 7) is 18.0. The van der Waals surface area contributed by atoms with Crippen LogP contribution in [0.3, 0.4) is 0 Å². The van der Waals surface area contributed by atoms with Crippen LogP contribution in [0.2, 0.25) is 0 Å². The van der Waals surface area contributed by atoms with Gasteiger partial charge in [-0.3, -0.25) is 14.4 Å². The van der Waals surface area contributed by atoms with Gasteiger partial charge in [-0.15, -0.1) is 0 Å². The van der Waals surface area contributed by atoms with Gasteiger partial charge in [0.05, 0.1) is 27.4 Å². The second kappa shape index (κ2) is 13.1. The number of aromatic nitrogens is 3. The molecular weight excluding hydrogens is 567 g/mol. The summed E-state index contributed by atoms with van der Waals surface area (Å²) < 4.78 is 31.5. The Morgan fingerprint density at radius 2 is 1.60 bits per heavy atom. The van der Waals surface area contributed by atoms with Crippen molar-refractivity contribution in [3.63, 3.8) is 0 Å². The number of carbonyl (C=O) groups is 1. The molecule has 0 N–H and O–H groups in total. The molecule has 2 aromatic heterocycles. The molecule has 0 fully saturated rings. The van der Waals surface area contributed by atoms with Crippen LogP contribution in [0.25, 0.3) is 10.2 Å². The van der Waals surface area contributed by atoms with E-state index in [9.17, 15) is 13.2 Å². The summed E-state index contributed by atoms with van der Waals surface area (Å²) in [7, 11) is -3.70. The number of nitrogens with zero attached hydrogens (tertiary/aromatic N) is 5. The molecule has 0 bridgehead atoms. The van der Waals surface area contributed by atoms with Gasteiger partial charge in [-0.2, -0.15) is 9.40 Å². The average molecular weight is 610 g/mol. The van der Waals surface area contributed by atoms with Gasteiger partial charge in [0.1, 0.15) is 0 Å². The number of para-hydroxylation sites is 1. The number of anilines is 1. The highest BCUT2D eigenvalue weighted by molar-refractivity contribution is 7.89. The predicted octanol–water partition coefficient (Wildman–Crippen LogP) is 6.88. The fourth-order valence-corrected chi connectivity index (χ4v) is 7.87. The number of benzene rings is 2. The van der Waals surface area contributed by atoms with E-state index in [0.29, 0.717) is 42.8 Å². The van der Waals surface area contributed by atoms with Crippen LogP contribution in [0.15, 0.2) is 53.4 Å². The number of hydrogen-bond donors (Lipinski definition) is 0. The highest BCUT2D eigenvalue weighted by Crippen LogP contribution is 2.34. The zero-order valence-electron chi connectivity index (χ0n) is 26.0. The molecular formula is C32H43N5O3S2. The molecule has 42 heavy (non-hydrogen) atoms. The zero-order chi connectivity index (χ0) is 30.8. The van der Waals surface area contributed by atoms with Crippen molar-refractivity contribution in [2.75, 3.05) is 24.5 Å². The summed E-state index contributed by atoms with van der Waals surface area (Å²) in [4.78, 5) is 20.9. The van der Waals surface area contributed by atoms with Crippen LogP contribution >= 0.6 is 11.3 Å². The van der Waals surface area contributed by atoms with Gasteiger partial charge in [0.25, 0.3) is 5.91 Å². The van der Waals surface area contributed by atoms with E-state index >= 15 is 0 Å². The first kappa shape index (κ1) is 31.8. The summed E-state index contributed by atoms with van der Waals surface area (Å²) in [5, 5.41) is 5.19. The molecule has 2 aromatic carbocycles. The summed E-state index contributed by atoms with van der Waals surface area (Å²) in [5.74, 6) is 0.454. The largest absolute Gasteiger partial charge is 0.282 e. The average Bonchev–Trinajstić information content (AvgIpc) is 3.49. The van der Waals surface area contributed by atoms with Gasteiger partial charge in [0.15, 0.2) is 5.13 Å². The fraction of sp³-hybridized carbons (Fsp3) is 0.469. The minimum atomic E-state index is -3.70. The van der Waals surface area contributed by atoms with Crippen molar-refractivity contribution >= 4 is 42.6 Å². The van der Waals surface area contributed by atoms with Crippen molar-refractivity contribution in [3.8, 4) is 0 Å². The molecule has 2 heterocycles. The van der Waals surface area contributed by atoms with Gasteiger partial charge in [-0.25, -0.2) is 13.4 Å². The molecule has 4 rings (SSSR count). The van der Waals surface area contributed by atoms with E-state index in [4.69, 9.17) is 4.98 Å². The van der Waals surface area contributed by atoms with Crippen molar-refractivity contribution in [2.45, 2.75) is 72.7 Å². The first-order valence-electron chi connectivity index (χ1n) is 14.6. The van der Waals surface area contributed by atoms with Gasteiger partial charge in [0.2, 0.25) is 10.0 Å². The minimum Gasteiger partial charge on any atom is -0.282 e. The second-order valence-electron chi connectivity index (χ2n) is 12.1. The predicted molar refractivity (Wildman–Crippen MR) is 172 cm³/mol. The molecule has 0 saturated heterocycles. The first-order valence-corrected chi connectivity index (χ1v) is 16.9. The lowest BCUT2D eigenvalue weighted by Crippen LogP contribution is -2.37. The lowest BCUT2D eigenvalue weighted by Gasteiger charge is -2.26. The van der Waals surface area contributed by atoms with Crippen LogP contribution in [0.5, 0.6) is 0 Å². The van der Waals surface area contributed by atoms with E-state index in [0.717, 1.165) is 27.2 Å².